The second-order valence-electron chi connectivity index (χ2n) is 4.63. The molecule has 2 aromatic rings. The average Bonchev–Trinajstić information content (AvgIpc) is 2.83. The lowest BCUT2D eigenvalue weighted by molar-refractivity contribution is -0.113. The number of amides is 1. The van der Waals surface area contributed by atoms with Crippen LogP contribution in [0.5, 0.6) is 0 Å². The Morgan fingerprint density at radius 3 is 2.65 bits per heavy atom. The molecule has 0 aliphatic rings. The number of anilines is 2. The van der Waals surface area contributed by atoms with Crippen LogP contribution in [0, 0.1) is 0 Å². The lowest BCUT2D eigenvalue weighted by atomic mass is 10.0. The third-order valence-corrected chi connectivity index (χ3v) is 4.73. The monoisotopic (exact) mass is 307 g/mol. The van der Waals surface area contributed by atoms with E-state index in [-0.39, 0.29) is 5.91 Å². The topological polar surface area (TPSA) is 68.0 Å². The molecule has 3 N–H and O–H groups in total. The van der Waals surface area contributed by atoms with Crippen molar-refractivity contribution in [3.05, 3.63) is 36.0 Å². The standard InChI is InChI=1S/C14H17N3OS2/c1-9(2)10-3-5-11(6-4-10)17-12(18)8-19-13-7-16-14(15)20-13/h3-7,9H,8H2,1-2H3,(H2,15,16)(H,17,18). The summed E-state index contributed by atoms with van der Waals surface area (Å²) in [6, 6.07) is 7.94. The van der Waals surface area contributed by atoms with Gasteiger partial charge in [-0.25, -0.2) is 4.98 Å². The summed E-state index contributed by atoms with van der Waals surface area (Å²) in [5.74, 6) is 0.819. The highest BCUT2D eigenvalue weighted by molar-refractivity contribution is 8.01. The van der Waals surface area contributed by atoms with E-state index in [2.05, 4.69) is 24.1 Å². The molecule has 106 valence electrons. The van der Waals surface area contributed by atoms with E-state index < -0.39 is 0 Å². The van der Waals surface area contributed by atoms with Crippen molar-refractivity contribution in [1.82, 2.24) is 4.98 Å². The maximum atomic E-state index is 11.8. The minimum absolute atomic E-state index is 0.0285. The van der Waals surface area contributed by atoms with Crippen molar-refractivity contribution < 1.29 is 4.79 Å². The maximum Gasteiger partial charge on any atom is 0.234 e. The van der Waals surface area contributed by atoms with Crippen LogP contribution in [-0.2, 0) is 4.79 Å². The molecule has 1 aromatic carbocycles. The molecule has 1 aromatic heterocycles. The van der Waals surface area contributed by atoms with Gasteiger partial charge in [-0.2, -0.15) is 0 Å². The average molecular weight is 307 g/mol. The zero-order chi connectivity index (χ0) is 14.5. The smallest absolute Gasteiger partial charge is 0.234 e. The second kappa shape index (κ2) is 6.76. The highest BCUT2D eigenvalue weighted by atomic mass is 32.2. The van der Waals surface area contributed by atoms with Crippen LogP contribution in [0.2, 0.25) is 0 Å². The molecule has 0 bridgehead atoms. The van der Waals surface area contributed by atoms with E-state index in [1.807, 2.05) is 24.3 Å². The summed E-state index contributed by atoms with van der Waals surface area (Å²) in [7, 11) is 0. The third kappa shape index (κ3) is 4.25. The van der Waals surface area contributed by atoms with Gasteiger partial charge in [0.1, 0.15) is 0 Å². The zero-order valence-corrected chi connectivity index (χ0v) is 13.1. The number of carbonyl (C=O) groups is 1. The Hall–Kier alpha value is -1.53. The Labute approximate surface area is 126 Å². The van der Waals surface area contributed by atoms with Crippen LogP contribution in [0.4, 0.5) is 10.8 Å². The summed E-state index contributed by atoms with van der Waals surface area (Å²) in [5, 5.41) is 3.40. The third-order valence-electron chi connectivity index (χ3n) is 2.71. The predicted molar refractivity (Wildman–Crippen MR) is 86.4 cm³/mol. The number of aromatic nitrogens is 1. The van der Waals surface area contributed by atoms with Gasteiger partial charge in [-0.3, -0.25) is 4.79 Å². The maximum absolute atomic E-state index is 11.8. The van der Waals surface area contributed by atoms with Crippen LogP contribution < -0.4 is 11.1 Å². The molecule has 0 saturated heterocycles. The molecular formula is C14H17N3OS2. The molecule has 0 saturated carbocycles. The van der Waals surface area contributed by atoms with Gasteiger partial charge in [0.25, 0.3) is 0 Å². The number of carbonyl (C=O) groups excluding carboxylic acids is 1. The number of nitrogen functional groups attached to an aromatic ring is 1. The molecule has 1 heterocycles. The van der Waals surface area contributed by atoms with E-state index in [1.54, 1.807) is 6.20 Å². The highest BCUT2D eigenvalue weighted by Crippen LogP contribution is 2.26. The Balaban J connectivity index is 1.84. The predicted octanol–water partition coefficient (Wildman–Crippen LogP) is 3.58. The first kappa shape index (κ1) is 14.9. The van der Waals surface area contributed by atoms with E-state index in [1.165, 1.54) is 28.7 Å². The van der Waals surface area contributed by atoms with E-state index in [9.17, 15) is 4.79 Å². The molecular weight excluding hydrogens is 290 g/mol. The molecule has 0 atom stereocenters. The van der Waals surface area contributed by atoms with Gasteiger partial charge in [0.2, 0.25) is 5.91 Å². The first-order valence-corrected chi connectivity index (χ1v) is 8.08. The summed E-state index contributed by atoms with van der Waals surface area (Å²) in [5.41, 5.74) is 7.63. The zero-order valence-electron chi connectivity index (χ0n) is 11.4. The molecule has 0 unspecified atom stereocenters. The lowest BCUT2D eigenvalue weighted by Crippen LogP contribution is -2.13. The van der Waals surface area contributed by atoms with Crippen molar-refractivity contribution in [2.45, 2.75) is 24.0 Å². The number of thiazole rings is 1. The summed E-state index contributed by atoms with van der Waals surface area (Å²) in [6.07, 6.45) is 1.69. The minimum atomic E-state index is -0.0285. The number of rotatable bonds is 5. The van der Waals surface area contributed by atoms with Crippen LogP contribution in [0.25, 0.3) is 0 Å². The normalized spacial score (nSPS) is 10.8. The Morgan fingerprint density at radius 2 is 2.10 bits per heavy atom. The summed E-state index contributed by atoms with van der Waals surface area (Å²) in [6.45, 7) is 4.29. The van der Waals surface area contributed by atoms with Gasteiger partial charge in [-0.1, -0.05) is 37.3 Å². The molecule has 4 nitrogen and oxygen atoms in total. The number of hydrogen-bond donors (Lipinski definition) is 2. The SMILES string of the molecule is CC(C)c1ccc(NC(=O)CSc2cnc(N)s2)cc1. The molecule has 0 spiro atoms. The highest BCUT2D eigenvalue weighted by Gasteiger charge is 2.06. The molecule has 0 radical (unpaired) electrons. The lowest BCUT2D eigenvalue weighted by Gasteiger charge is -2.08. The molecule has 0 aliphatic heterocycles. The number of nitrogens with zero attached hydrogens (tertiary/aromatic N) is 1. The fraction of sp³-hybridized carbons (Fsp3) is 0.286. The quantitative estimate of drug-likeness (QED) is 0.829. The van der Waals surface area contributed by atoms with E-state index in [4.69, 9.17) is 5.73 Å². The van der Waals surface area contributed by atoms with Crippen molar-refractivity contribution in [1.29, 1.82) is 0 Å². The van der Waals surface area contributed by atoms with Gasteiger partial charge in [0.05, 0.1) is 16.2 Å². The Morgan fingerprint density at radius 1 is 1.40 bits per heavy atom. The molecule has 6 heteroatoms. The molecule has 20 heavy (non-hydrogen) atoms. The van der Waals surface area contributed by atoms with Gasteiger partial charge < -0.3 is 11.1 Å². The van der Waals surface area contributed by atoms with Gasteiger partial charge in [0.15, 0.2) is 5.13 Å². The number of benzene rings is 1. The van der Waals surface area contributed by atoms with Gasteiger partial charge in [-0.15, -0.1) is 11.8 Å². The van der Waals surface area contributed by atoms with Crippen LogP contribution in [0.15, 0.2) is 34.7 Å². The minimum Gasteiger partial charge on any atom is -0.375 e. The van der Waals surface area contributed by atoms with Gasteiger partial charge in [0, 0.05) is 5.69 Å². The Bertz CT molecular complexity index is 578. The number of nitrogens with two attached hydrogens (primary N) is 1. The summed E-state index contributed by atoms with van der Waals surface area (Å²) < 4.78 is 0.952. The first-order chi connectivity index (χ1) is 9.54. The van der Waals surface area contributed by atoms with Crippen molar-refractivity contribution in [2.75, 3.05) is 16.8 Å². The van der Waals surface area contributed by atoms with Crippen molar-refractivity contribution in [3.8, 4) is 0 Å². The number of hydrogen-bond acceptors (Lipinski definition) is 5. The first-order valence-electron chi connectivity index (χ1n) is 6.28. The molecule has 2 rings (SSSR count). The summed E-state index contributed by atoms with van der Waals surface area (Å²) in [4.78, 5) is 15.8. The van der Waals surface area contributed by atoms with Crippen LogP contribution in [0.3, 0.4) is 0 Å². The van der Waals surface area contributed by atoms with Crippen LogP contribution >= 0.6 is 23.1 Å². The van der Waals surface area contributed by atoms with Gasteiger partial charge >= 0.3 is 0 Å². The fourth-order valence-corrected chi connectivity index (χ4v) is 3.18. The molecule has 0 fully saturated rings. The van der Waals surface area contributed by atoms with Gasteiger partial charge in [-0.05, 0) is 23.6 Å². The van der Waals surface area contributed by atoms with E-state index in [0.717, 1.165) is 9.90 Å². The van der Waals surface area contributed by atoms with Crippen molar-refractivity contribution >= 4 is 39.8 Å². The second-order valence-corrected chi connectivity index (χ2v) is 6.97. The number of thioether (sulfide) groups is 1. The fourth-order valence-electron chi connectivity index (χ4n) is 1.62. The largest absolute Gasteiger partial charge is 0.375 e. The Kier molecular flexibility index (Phi) is 5.03. The van der Waals surface area contributed by atoms with Crippen molar-refractivity contribution in [2.24, 2.45) is 0 Å². The molecule has 0 aliphatic carbocycles. The van der Waals surface area contributed by atoms with Crippen LogP contribution in [0.1, 0.15) is 25.3 Å². The van der Waals surface area contributed by atoms with Crippen molar-refractivity contribution in [3.63, 3.8) is 0 Å². The molecule has 1 amide bonds. The summed E-state index contributed by atoms with van der Waals surface area (Å²) >= 11 is 2.83. The number of nitrogens with one attached hydrogen (secondary N) is 1. The van der Waals surface area contributed by atoms with E-state index in [0.29, 0.717) is 16.8 Å². The van der Waals surface area contributed by atoms with E-state index >= 15 is 0 Å². The van der Waals surface area contributed by atoms with Crippen LogP contribution in [-0.4, -0.2) is 16.6 Å².